The minimum atomic E-state index is -0.904. The molecule has 1 aromatic heterocycles. The highest BCUT2D eigenvalue weighted by Gasteiger charge is 2.55. The minimum Gasteiger partial charge on any atom is -0.458 e. The Bertz CT molecular complexity index is 1120. The number of hydrogen-bond acceptors (Lipinski definition) is 7. The number of para-hydroxylation sites is 1. The summed E-state index contributed by atoms with van der Waals surface area (Å²) < 4.78 is 5.25. The van der Waals surface area contributed by atoms with E-state index in [-0.39, 0.29) is 30.8 Å². The van der Waals surface area contributed by atoms with Gasteiger partial charge in [-0.3, -0.25) is 19.3 Å². The van der Waals surface area contributed by atoms with Crippen LogP contribution in [0.5, 0.6) is 0 Å². The quantitative estimate of drug-likeness (QED) is 0.460. The normalized spacial score (nSPS) is 22.1. The van der Waals surface area contributed by atoms with Crippen LogP contribution >= 0.6 is 11.3 Å². The Morgan fingerprint density at radius 1 is 1.29 bits per heavy atom. The fourth-order valence-electron chi connectivity index (χ4n) is 4.51. The Hall–Kier alpha value is -3.27. The van der Waals surface area contributed by atoms with E-state index in [1.54, 1.807) is 5.38 Å². The molecule has 9 nitrogen and oxygen atoms in total. The second-order valence-corrected chi connectivity index (χ2v) is 9.82. The summed E-state index contributed by atoms with van der Waals surface area (Å²) >= 11 is 1.30. The third-order valence-corrected chi connectivity index (χ3v) is 7.40. The van der Waals surface area contributed by atoms with Crippen LogP contribution in [0.4, 0.5) is 10.5 Å². The van der Waals surface area contributed by atoms with Crippen LogP contribution in [0.3, 0.4) is 0 Å². The third-order valence-electron chi connectivity index (χ3n) is 6.50. The van der Waals surface area contributed by atoms with E-state index >= 15 is 0 Å². The molecule has 2 atom stereocenters. The van der Waals surface area contributed by atoms with E-state index in [0.29, 0.717) is 17.1 Å². The summed E-state index contributed by atoms with van der Waals surface area (Å²) in [5.74, 6) is -1.19. The van der Waals surface area contributed by atoms with Gasteiger partial charge in [-0.2, -0.15) is 0 Å². The summed E-state index contributed by atoms with van der Waals surface area (Å²) in [5, 5.41) is 8.00. The zero-order chi connectivity index (χ0) is 24.3. The number of amides is 4. The molecule has 2 aliphatic rings. The maximum atomic E-state index is 13.0. The van der Waals surface area contributed by atoms with Gasteiger partial charge in [-0.05, 0) is 37.3 Å². The molecule has 2 aromatic rings. The number of rotatable bonds is 7. The highest BCUT2D eigenvalue weighted by atomic mass is 32.1. The summed E-state index contributed by atoms with van der Waals surface area (Å²) in [7, 11) is 0. The van der Waals surface area contributed by atoms with Gasteiger partial charge in [-0.15, -0.1) is 11.3 Å². The lowest BCUT2D eigenvalue weighted by molar-refractivity contribution is -0.149. The summed E-state index contributed by atoms with van der Waals surface area (Å²) in [6.07, 6.45) is 3.44. The molecule has 2 N–H and O–H groups in total. The Labute approximate surface area is 201 Å². The number of ether oxygens (including phenoxy) is 1. The van der Waals surface area contributed by atoms with E-state index in [9.17, 15) is 19.2 Å². The topological polar surface area (TPSA) is 118 Å². The Kier molecular flexibility index (Phi) is 6.97. The van der Waals surface area contributed by atoms with Crippen LogP contribution in [0.2, 0.25) is 0 Å². The first-order valence-electron chi connectivity index (χ1n) is 11.4. The number of aryl methyl sites for hydroxylation is 1. The van der Waals surface area contributed by atoms with Crippen molar-refractivity contribution in [3.63, 3.8) is 0 Å². The van der Waals surface area contributed by atoms with E-state index in [0.717, 1.165) is 35.4 Å². The van der Waals surface area contributed by atoms with E-state index in [1.165, 1.54) is 11.3 Å². The molecular weight excluding hydrogens is 456 g/mol. The fraction of sp³-hybridized carbons (Fsp3) is 0.458. The monoisotopic (exact) mass is 484 g/mol. The average Bonchev–Trinajstić information content (AvgIpc) is 3.34. The lowest BCUT2D eigenvalue weighted by atomic mass is 9.73. The Morgan fingerprint density at radius 2 is 2.09 bits per heavy atom. The highest BCUT2D eigenvalue weighted by Crippen LogP contribution is 2.38. The number of benzene rings is 1. The highest BCUT2D eigenvalue weighted by molar-refractivity contribution is 7.09. The second kappa shape index (κ2) is 9.92. The molecule has 1 saturated heterocycles. The first kappa shape index (κ1) is 23.9. The van der Waals surface area contributed by atoms with Crippen molar-refractivity contribution in [2.24, 2.45) is 5.92 Å². The molecule has 2 fully saturated rings. The van der Waals surface area contributed by atoms with Crippen molar-refractivity contribution in [2.75, 3.05) is 11.9 Å². The molecule has 4 rings (SSSR count). The number of urea groups is 1. The van der Waals surface area contributed by atoms with Gasteiger partial charge in [0.15, 0.2) is 0 Å². The van der Waals surface area contributed by atoms with Crippen LogP contribution < -0.4 is 10.6 Å². The molecular formula is C24H28N4O5S. The van der Waals surface area contributed by atoms with Crippen molar-refractivity contribution in [2.45, 2.75) is 58.1 Å². The van der Waals surface area contributed by atoms with Gasteiger partial charge in [-0.1, -0.05) is 38.0 Å². The second-order valence-electron chi connectivity index (χ2n) is 8.87. The SMILES string of the molecule is Cc1ccccc1NC(=O)Cc1nc(COC(=O)CN2C(=O)N[C@@]3(CCCC[C@@H]3C)C2=O)cs1. The molecule has 2 heterocycles. The molecule has 180 valence electrons. The average molecular weight is 485 g/mol. The standard InChI is InChI=1S/C24H28N4O5S/c1-15-7-3-4-9-18(15)26-19(29)11-20-25-17(14-34-20)13-33-21(30)12-28-22(31)24(27-23(28)32)10-6-5-8-16(24)2/h3-4,7,9,14,16H,5-6,8,10-13H2,1-2H3,(H,26,29)(H,27,32)/t16-,24+/m0/s1. The number of anilines is 1. The summed E-state index contributed by atoms with van der Waals surface area (Å²) in [6.45, 7) is 3.34. The predicted molar refractivity (Wildman–Crippen MR) is 126 cm³/mol. The van der Waals surface area contributed by atoms with Gasteiger partial charge in [0.05, 0.1) is 12.1 Å². The fourth-order valence-corrected chi connectivity index (χ4v) is 5.29. The van der Waals surface area contributed by atoms with Crippen LogP contribution in [0.15, 0.2) is 29.6 Å². The molecule has 1 aliphatic carbocycles. The van der Waals surface area contributed by atoms with Crippen molar-refractivity contribution >= 4 is 40.8 Å². The molecule has 1 spiro atoms. The van der Waals surface area contributed by atoms with Gasteiger partial charge in [0.25, 0.3) is 5.91 Å². The van der Waals surface area contributed by atoms with Crippen LogP contribution in [0.25, 0.3) is 0 Å². The van der Waals surface area contributed by atoms with Crippen LogP contribution in [-0.4, -0.2) is 45.8 Å². The number of esters is 1. The smallest absolute Gasteiger partial charge is 0.326 e. The zero-order valence-electron chi connectivity index (χ0n) is 19.3. The molecule has 34 heavy (non-hydrogen) atoms. The first-order valence-corrected chi connectivity index (χ1v) is 12.2. The van der Waals surface area contributed by atoms with Crippen LogP contribution in [0, 0.1) is 12.8 Å². The third kappa shape index (κ3) is 4.96. The maximum absolute atomic E-state index is 13.0. The molecule has 0 bridgehead atoms. The molecule has 10 heteroatoms. The van der Waals surface area contributed by atoms with Gasteiger partial charge in [0.2, 0.25) is 5.91 Å². The summed E-state index contributed by atoms with van der Waals surface area (Å²) in [6, 6.07) is 6.96. The van der Waals surface area contributed by atoms with Gasteiger partial charge < -0.3 is 15.4 Å². The van der Waals surface area contributed by atoms with E-state index in [2.05, 4.69) is 15.6 Å². The lowest BCUT2D eigenvalue weighted by Crippen LogP contribution is -2.54. The Balaban J connectivity index is 1.27. The maximum Gasteiger partial charge on any atom is 0.326 e. The van der Waals surface area contributed by atoms with E-state index in [4.69, 9.17) is 4.74 Å². The number of hydrogen-bond donors (Lipinski definition) is 2. The van der Waals surface area contributed by atoms with E-state index in [1.807, 2.05) is 38.1 Å². The molecule has 1 aromatic carbocycles. The Morgan fingerprint density at radius 3 is 2.85 bits per heavy atom. The predicted octanol–water partition coefficient (Wildman–Crippen LogP) is 3.18. The van der Waals surface area contributed by atoms with Crippen molar-refractivity contribution in [1.29, 1.82) is 0 Å². The number of nitrogens with zero attached hydrogens (tertiary/aromatic N) is 2. The van der Waals surface area contributed by atoms with Crippen molar-refractivity contribution in [3.8, 4) is 0 Å². The molecule has 1 aliphatic heterocycles. The number of carbonyl (C=O) groups excluding carboxylic acids is 4. The zero-order valence-corrected chi connectivity index (χ0v) is 20.1. The summed E-state index contributed by atoms with van der Waals surface area (Å²) in [4.78, 5) is 55.3. The lowest BCUT2D eigenvalue weighted by Gasteiger charge is -2.36. The van der Waals surface area contributed by atoms with Gasteiger partial charge in [-0.25, -0.2) is 9.78 Å². The largest absolute Gasteiger partial charge is 0.458 e. The molecule has 0 radical (unpaired) electrons. The number of imide groups is 1. The van der Waals surface area contributed by atoms with Crippen molar-refractivity contribution in [3.05, 3.63) is 45.9 Å². The van der Waals surface area contributed by atoms with Gasteiger partial charge in [0, 0.05) is 11.1 Å². The first-order chi connectivity index (χ1) is 16.3. The number of nitrogens with one attached hydrogen (secondary N) is 2. The minimum absolute atomic E-state index is 0.0233. The molecule has 0 unspecified atom stereocenters. The van der Waals surface area contributed by atoms with E-state index < -0.39 is 24.1 Å². The molecule has 1 saturated carbocycles. The van der Waals surface area contributed by atoms with Crippen molar-refractivity contribution < 1.29 is 23.9 Å². The summed E-state index contributed by atoms with van der Waals surface area (Å²) in [5.41, 5.74) is 1.32. The number of thiazole rings is 1. The van der Waals surface area contributed by atoms with Gasteiger partial charge in [0.1, 0.15) is 23.7 Å². The van der Waals surface area contributed by atoms with Gasteiger partial charge >= 0.3 is 12.0 Å². The van der Waals surface area contributed by atoms with Crippen LogP contribution in [-0.2, 0) is 32.1 Å². The molecule has 4 amide bonds. The number of aromatic nitrogens is 1. The van der Waals surface area contributed by atoms with Crippen molar-refractivity contribution in [1.82, 2.24) is 15.2 Å². The van der Waals surface area contributed by atoms with Crippen LogP contribution in [0.1, 0.15) is 48.9 Å². The number of carbonyl (C=O) groups is 4.